The molecule has 2 atom stereocenters. The summed E-state index contributed by atoms with van der Waals surface area (Å²) in [6, 6.07) is 0.559. The van der Waals surface area contributed by atoms with E-state index in [9.17, 15) is 0 Å². The van der Waals surface area contributed by atoms with Crippen LogP contribution in [0, 0.1) is 5.92 Å². The van der Waals surface area contributed by atoms with E-state index in [0.29, 0.717) is 6.04 Å². The molecule has 4 heteroatoms. The van der Waals surface area contributed by atoms with Gasteiger partial charge in [0, 0.05) is 18.2 Å². The number of nitrogens with one attached hydrogen (secondary N) is 2. The van der Waals surface area contributed by atoms with Crippen molar-refractivity contribution in [3.63, 3.8) is 0 Å². The van der Waals surface area contributed by atoms with Crippen molar-refractivity contribution in [3.05, 3.63) is 11.9 Å². The zero-order valence-corrected chi connectivity index (χ0v) is 13.1. The molecule has 2 unspecified atom stereocenters. The molecule has 20 heavy (non-hydrogen) atoms. The van der Waals surface area contributed by atoms with Crippen LogP contribution in [0.3, 0.4) is 0 Å². The van der Waals surface area contributed by atoms with E-state index in [4.69, 9.17) is 0 Å². The first-order chi connectivity index (χ1) is 9.76. The van der Waals surface area contributed by atoms with Crippen LogP contribution in [0.15, 0.2) is 6.33 Å². The fourth-order valence-electron chi connectivity index (χ4n) is 3.05. The zero-order valence-electron chi connectivity index (χ0n) is 13.1. The van der Waals surface area contributed by atoms with Gasteiger partial charge < -0.3 is 10.6 Å². The van der Waals surface area contributed by atoms with Gasteiger partial charge >= 0.3 is 0 Å². The summed E-state index contributed by atoms with van der Waals surface area (Å²) in [5.41, 5.74) is 1.25. The second-order valence-electron chi connectivity index (χ2n) is 5.84. The van der Waals surface area contributed by atoms with Gasteiger partial charge in [0.25, 0.3) is 0 Å². The van der Waals surface area contributed by atoms with Crippen molar-refractivity contribution in [2.45, 2.75) is 65.3 Å². The molecule has 112 valence electrons. The van der Waals surface area contributed by atoms with Gasteiger partial charge in [0.15, 0.2) is 0 Å². The molecule has 0 saturated heterocycles. The van der Waals surface area contributed by atoms with Gasteiger partial charge in [-0.2, -0.15) is 0 Å². The Morgan fingerprint density at radius 2 is 1.90 bits per heavy atom. The Hall–Kier alpha value is -1.32. The summed E-state index contributed by atoms with van der Waals surface area (Å²) >= 11 is 0. The van der Waals surface area contributed by atoms with Gasteiger partial charge in [-0.25, -0.2) is 9.97 Å². The smallest absolute Gasteiger partial charge is 0.134 e. The second kappa shape index (κ2) is 7.46. The lowest BCUT2D eigenvalue weighted by Gasteiger charge is -2.30. The second-order valence-corrected chi connectivity index (χ2v) is 5.84. The highest BCUT2D eigenvalue weighted by Crippen LogP contribution is 2.29. The van der Waals surface area contributed by atoms with Crippen LogP contribution in [-0.4, -0.2) is 22.6 Å². The number of anilines is 2. The summed E-state index contributed by atoms with van der Waals surface area (Å²) in [7, 11) is 0. The third-order valence-corrected chi connectivity index (χ3v) is 4.22. The van der Waals surface area contributed by atoms with E-state index in [2.05, 4.69) is 41.4 Å². The van der Waals surface area contributed by atoms with Crippen LogP contribution in [0.5, 0.6) is 0 Å². The minimum atomic E-state index is 0.559. The standard InChI is InChI=1S/C16H28N4/c1-4-8-13-15(17-5-2)18-11-19-16(13)20-14-10-7-6-9-12(14)3/h11-12,14H,4-10H2,1-3H3,(H2,17,18,19,20). The third kappa shape index (κ3) is 3.62. The molecule has 0 spiro atoms. The molecule has 1 aromatic rings. The lowest BCUT2D eigenvalue weighted by atomic mass is 9.86. The molecule has 1 saturated carbocycles. The van der Waals surface area contributed by atoms with E-state index in [1.807, 2.05) is 0 Å². The maximum absolute atomic E-state index is 4.51. The van der Waals surface area contributed by atoms with Crippen molar-refractivity contribution in [2.24, 2.45) is 5.92 Å². The molecule has 0 bridgehead atoms. The van der Waals surface area contributed by atoms with Crippen LogP contribution in [-0.2, 0) is 6.42 Å². The van der Waals surface area contributed by atoms with Gasteiger partial charge in [-0.15, -0.1) is 0 Å². The molecule has 1 aliphatic rings. The van der Waals surface area contributed by atoms with Crippen LogP contribution in [0.4, 0.5) is 11.6 Å². The first-order valence-electron chi connectivity index (χ1n) is 8.10. The Morgan fingerprint density at radius 1 is 1.15 bits per heavy atom. The van der Waals surface area contributed by atoms with Gasteiger partial charge in [0.2, 0.25) is 0 Å². The van der Waals surface area contributed by atoms with Crippen LogP contribution in [0.1, 0.15) is 58.4 Å². The Balaban J connectivity index is 2.18. The number of aromatic nitrogens is 2. The fourth-order valence-corrected chi connectivity index (χ4v) is 3.05. The van der Waals surface area contributed by atoms with Crippen molar-refractivity contribution in [1.82, 2.24) is 9.97 Å². The van der Waals surface area contributed by atoms with Crippen LogP contribution in [0.2, 0.25) is 0 Å². The first-order valence-corrected chi connectivity index (χ1v) is 8.10. The monoisotopic (exact) mass is 276 g/mol. The fraction of sp³-hybridized carbons (Fsp3) is 0.750. The maximum Gasteiger partial charge on any atom is 0.134 e. The van der Waals surface area contributed by atoms with E-state index in [0.717, 1.165) is 36.9 Å². The highest BCUT2D eigenvalue weighted by molar-refractivity contribution is 5.57. The van der Waals surface area contributed by atoms with Crippen molar-refractivity contribution in [3.8, 4) is 0 Å². The largest absolute Gasteiger partial charge is 0.370 e. The van der Waals surface area contributed by atoms with E-state index in [1.165, 1.54) is 31.2 Å². The molecule has 2 N–H and O–H groups in total. The highest BCUT2D eigenvalue weighted by atomic mass is 15.1. The van der Waals surface area contributed by atoms with Crippen molar-refractivity contribution >= 4 is 11.6 Å². The maximum atomic E-state index is 4.51. The minimum Gasteiger partial charge on any atom is -0.370 e. The molecule has 1 fully saturated rings. The van der Waals surface area contributed by atoms with Gasteiger partial charge in [0.05, 0.1) is 0 Å². The van der Waals surface area contributed by atoms with Gasteiger partial charge in [-0.1, -0.05) is 33.1 Å². The van der Waals surface area contributed by atoms with Crippen LogP contribution >= 0.6 is 0 Å². The molecule has 4 nitrogen and oxygen atoms in total. The lowest BCUT2D eigenvalue weighted by Crippen LogP contribution is -2.31. The summed E-state index contributed by atoms with van der Waals surface area (Å²) in [6.07, 6.45) is 9.09. The summed E-state index contributed by atoms with van der Waals surface area (Å²) in [6.45, 7) is 7.56. The number of hydrogen-bond acceptors (Lipinski definition) is 4. The summed E-state index contributed by atoms with van der Waals surface area (Å²) in [5, 5.41) is 7.05. The molecule has 0 aromatic carbocycles. The quantitative estimate of drug-likeness (QED) is 0.828. The molecule has 1 aliphatic carbocycles. The van der Waals surface area contributed by atoms with Crippen LogP contribution in [0.25, 0.3) is 0 Å². The van der Waals surface area contributed by atoms with E-state index in [-0.39, 0.29) is 0 Å². The molecule has 1 heterocycles. The first kappa shape index (κ1) is 15.1. The van der Waals surface area contributed by atoms with E-state index >= 15 is 0 Å². The summed E-state index contributed by atoms with van der Waals surface area (Å²) < 4.78 is 0. The SMILES string of the molecule is CCCc1c(NCC)ncnc1NC1CCCCC1C. The van der Waals surface area contributed by atoms with E-state index < -0.39 is 0 Å². The molecule has 0 aliphatic heterocycles. The van der Waals surface area contributed by atoms with Gasteiger partial charge in [-0.3, -0.25) is 0 Å². The minimum absolute atomic E-state index is 0.559. The predicted octanol–water partition coefficient (Wildman–Crippen LogP) is 3.85. The van der Waals surface area contributed by atoms with Crippen molar-refractivity contribution < 1.29 is 0 Å². The van der Waals surface area contributed by atoms with E-state index in [1.54, 1.807) is 6.33 Å². The number of nitrogens with zero attached hydrogens (tertiary/aromatic N) is 2. The van der Waals surface area contributed by atoms with Gasteiger partial charge in [0.1, 0.15) is 18.0 Å². The Kier molecular flexibility index (Phi) is 5.62. The average Bonchev–Trinajstić information content (AvgIpc) is 2.45. The number of rotatable bonds is 6. The van der Waals surface area contributed by atoms with Crippen molar-refractivity contribution in [1.29, 1.82) is 0 Å². The predicted molar refractivity (Wildman–Crippen MR) is 85.2 cm³/mol. The van der Waals surface area contributed by atoms with Crippen LogP contribution < -0.4 is 10.6 Å². The topological polar surface area (TPSA) is 49.8 Å². The zero-order chi connectivity index (χ0) is 14.4. The molecule has 2 rings (SSSR count). The summed E-state index contributed by atoms with van der Waals surface area (Å²) in [5.74, 6) is 2.77. The molecular formula is C16H28N4. The van der Waals surface area contributed by atoms with Crippen molar-refractivity contribution in [2.75, 3.05) is 17.2 Å². The third-order valence-electron chi connectivity index (χ3n) is 4.22. The molecule has 0 amide bonds. The normalized spacial score (nSPS) is 22.6. The Labute approximate surface area is 122 Å². The average molecular weight is 276 g/mol. The number of hydrogen-bond donors (Lipinski definition) is 2. The molecule has 0 radical (unpaired) electrons. The Morgan fingerprint density at radius 3 is 2.60 bits per heavy atom. The highest BCUT2D eigenvalue weighted by Gasteiger charge is 2.22. The molecule has 1 aromatic heterocycles. The summed E-state index contributed by atoms with van der Waals surface area (Å²) in [4.78, 5) is 8.90. The molecular weight excluding hydrogens is 248 g/mol. The van der Waals surface area contributed by atoms with Gasteiger partial charge in [-0.05, 0) is 32.1 Å². The Bertz CT molecular complexity index is 419. The lowest BCUT2D eigenvalue weighted by molar-refractivity contribution is 0.349.